The number of nitrogens with one attached hydrogen (secondary N) is 1. The third-order valence-electron chi connectivity index (χ3n) is 3.57. The lowest BCUT2D eigenvalue weighted by Crippen LogP contribution is -1.96. The van der Waals surface area contributed by atoms with E-state index in [1.807, 2.05) is 54.6 Å². The molecule has 116 valence electrons. The molecule has 0 atom stereocenters. The Balaban J connectivity index is 1.58. The van der Waals surface area contributed by atoms with Gasteiger partial charge in [-0.1, -0.05) is 30.3 Å². The number of aromatic amines is 1. The van der Waals surface area contributed by atoms with E-state index in [1.165, 1.54) is 0 Å². The standard InChI is InChI=1S/C17H11N5O2/c18-9-14-16(20-22-19-14)12-5-3-4-11(8-12)10-23-17-13-6-1-2-7-15(13)24-21-17/h1-8H,10H2,(H,19,20,22). The summed E-state index contributed by atoms with van der Waals surface area (Å²) in [6, 6.07) is 17.1. The molecule has 0 bridgehead atoms. The van der Waals surface area contributed by atoms with E-state index in [-0.39, 0.29) is 5.69 Å². The molecule has 0 spiro atoms. The monoisotopic (exact) mass is 317 g/mol. The molecule has 0 fully saturated rings. The molecule has 0 saturated carbocycles. The Morgan fingerprint density at radius 3 is 2.96 bits per heavy atom. The zero-order chi connectivity index (χ0) is 16.4. The largest absolute Gasteiger partial charge is 0.470 e. The fourth-order valence-electron chi connectivity index (χ4n) is 2.44. The van der Waals surface area contributed by atoms with Gasteiger partial charge in [0.25, 0.3) is 5.88 Å². The van der Waals surface area contributed by atoms with E-state index in [0.29, 0.717) is 23.8 Å². The van der Waals surface area contributed by atoms with E-state index < -0.39 is 0 Å². The van der Waals surface area contributed by atoms with Gasteiger partial charge >= 0.3 is 0 Å². The lowest BCUT2D eigenvalue weighted by atomic mass is 10.1. The maximum absolute atomic E-state index is 9.05. The molecule has 7 nitrogen and oxygen atoms in total. The minimum absolute atomic E-state index is 0.260. The maximum atomic E-state index is 9.05. The number of hydrogen-bond donors (Lipinski definition) is 1. The molecule has 7 heteroatoms. The van der Waals surface area contributed by atoms with Gasteiger partial charge in [0.1, 0.15) is 18.4 Å². The molecule has 0 aliphatic carbocycles. The number of nitriles is 1. The number of benzene rings is 2. The van der Waals surface area contributed by atoms with Gasteiger partial charge in [-0.3, -0.25) is 0 Å². The topological polar surface area (TPSA) is 101 Å². The van der Waals surface area contributed by atoms with Crippen molar-refractivity contribution < 1.29 is 9.26 Å². The second-order valence-corrected chi connectivity index (χ2v) is 5.11. The smallest absolute Gasteiger partial charge is 0.262 e. The molecular formula is C17H11N5O2. The Morgan fingerprint density at radius 1 is 1.12 bits per heavy atom. The van der Waals surface area contributed by atoms with E-state index in [9.17, 15) is 0 Å². The maximum Gasteiger partial charge on any atom is 0.262 e. The minimum Gasteiger partial charge on any atom is -0.470 e. The van der Waals surface area contributed by atoms with Gasteiger partial charge < -0.3 is 9.26 Å². The molecule has 1 N–H and O–H groups in total. The molecule has 2 heterocycles. The fraction of sp³-hybridized carbons (Fsp3) is 0.0588. The van der Waals surface area contributed by atoms with Crippen molar-refractivity contribution in [3.63, 3.8) is 0 Å². The molecule has 0 saturated heterocycles. The summed E-state index contributed by atoms with van der Waals surface area (Å²) in [5.41, 5.74) is 3.18. The number of nitrogens with zero attached hydrogens (tertiary/aromatic N) is 4. The van der Waals surface area contributed by atoms with Crippen LogP contribution in [-0.2, 0) is 6.61 Å². The Bertz CT molecular complexity index is 1040. The summed E-state index contributed by atoms with van der Waals surface area (Å²) in [7, 11) is 0. The van der Waals surface area contributed by atoms with Gasteiger partial charge in [-0.05, 0) is 28.9 Å². The Morgan fingerprint density at radius 2 is 2.04 bits per heavy atom. The highest BCUT2D eigenvalue weighted by molar-refractivity contribution is 5.81. The number of para-hydroxylation sites is 1. The van der Waals surface area contributed by atoms with Crippen LogP contribution in [0.1, 0.15) is 11.3 Å². The lowest BCUT2D eigenvalue weighted by Gasteiger charge is -2.05. The molecule has 4 aromatic rings. The summed E-state index contributed by atoms with van der Waals surface area (Å²) in [5.74, 6) is 0.454. The molecule has 0 radical (unpaired) electrons. The first-order valence-electron chi connectivity index (χ1n) is 7.22. The van der Waals surface area contributed by atoms with Gasteiger partial charge in [0.15, 0.2) is 11.3 Å². The Labute approximate surface area is 136 Å². The van der Waals surface area contributed by atoms with Crippen LogP contribution in [0, 0.1) is 11.3 Å². The molecule has 24 heavy (non-hydrogen) atoms. The SMILES string of the molecule is N#Cc1n[nH]nc1-c1cccc(COc2noc3ccccc23)c1. The van der Waals surface area contributed by atoms with Gasteiger partial charge in [0.05, 0.1) is 5.39 Å². The van der Waals surface area contributed by atoms with Crippen molar-refractivity contribution in [2.45, 2.75) is 6.61 Å². The first-order chi connectivity index (χ1) is 11.8. The first-order valence-corrected chi connectivity index (χ1v) is 7.22. The Kier molecular flexibility index (Phi) is 3.41. The summed E-state index contributed by atoms with van der Waals surface area (Å²) >= 11 is 0. The number of aromatic nitrogens is 4. The highest BCUT2D eigenvalue weighted by Gasteiger charge is 2.11. The van der Waals surface area contributed by atoms with Crippen LogP contribution in [0.15, 0.2) is 53.1 Å². The van der Waals surface area contributed by atoms with Gasteiger partial charge in [-0.25, -0.2) is 0 Å². The van der Waals surface area contributed by atoms with Crippen LogP contribution in [0.25, 0.3) is 22.2 Å². The van der Waals surface area contributed by atoms with Crippen LogP contribution in [0.2, 0.25) is 0 Å². The lowest BCUT2D eigenvalue weighted by molar-refractivity contribution is 0.274. The molecule has 0 aliphatic rings. The van der Waals surface area contributed by atoms with Gasteiger partial charge in [0, 0.05) is 5.56 Å². The second kappa shape index (κ2) is 5.85. The third kappa shape index (κ3) is 2.46. The molecule has 2 aromatic carbocycles. The zero-order valence-corrected chi connectivity index (χ0v) is 12.4. The number of rotatable bonds is 4. The van der Waals surface area contributed by atoms with Crippen LogP contribution in [0.3, 0.4) is 0 Å². The van der Waals surface area contributed by atoms with Gasteiger partial charge in [-0.2, -0.15) is 15.6 Å². The average Bonchev–Trinajstić information content (AvgIpc) is 3.27. The van der Waals surface area contributed by atoms with Crippen molar-refractivity contribution in [1.82, 2.24) is 20.6 Å². The van der Waals surface area contributed by atoms with Crippen LogP contribution < -0.4 is 4.74 Å². The number of hydrogen-bond acceptors (Lipinski definition) is 6. The van der Waals surface area contributed by atoms with Crippen molar-refractivity contribution in [3.8, 4) is 23.2 Å². The number of fused-ring (bicyclic) bond motifs is 1. The summed E-state index contributed by atoms with van der Waals surface area (Å²) in [6.45, 7) is 0.324. The zero-order valence-electron chi connectivity index (χ0n) is 12.4. The van der Waals surface area contributed by atoms with Crippen molar-refractivity contribution in [1.29, 1.82) is 5.26 Å². The first kappa shape index (κ1) is 14.0. The minimum atomic E-state index is 0.260. The molecule has 2 aromatic heterocycles. The quantitative estimate of drug-likeness (QED) is 0.621. The van der Waals surface area contributed by atoms with Gasteiger partial charge in [-0.15, -0.1) is 5.10 Å². The van der Waals surface area contributed by atoms with E-state index in [0.717, 1.165) is 16.5 Å². The molecular weight excluding hydrogens is 306 g/mol. The highest BCUT2D eigenvalue weighted by atomic mass is 16.5. The molecule has 0 aliphatic heterocycles. The van der Waals surface area contributed by atoms with Crippen molar-refractivity contribution >= 4 is 11.0 Å². The molecule has 4 rings (SSSR count). The summed E-state index contributed by atoms with van der Waals surface area (Å²) < 4.78 is 11.0. The molecule has 0 amide bonds. The summed E-state index contributed by atoms with van der Waals surface area (Å²) in [6.07, 6.45) is 0. The fourth-order valence-corrected chi connectivity index (χ4v) is 2.44. The summed E-state index contributed by atoms with van der Waals surface area (Å²) in [4.78, 5) is 0. The van der Waals surface area contributed by atoms with E-state index in [4.69, 9.17) is 14.5 Å². The Hall–Kier alpha value is -3.66. The van der Waals surface area contributed by atoms with Crippen LogP contribution in [0.4, 0.5) is 0 Å². The number of H-pyrrole nitrogens is 1. The van der Waals surface area contributed by atoms with Crippen LogP contribution >= 0.6 is 0 Å². The average molecular weight is 317 g/mol. The molecule has 0 unspecified atom stereocenters. The highest BCUT2D eigenvalue weighted by Crippen LogP contribution is 2.26. The van der Waals surface area contributed by atoms with E-state index in [2.05, 4.69) is 20.6 Å². The van der Waals surface area contributed by atoms with E-state index in [1.54, 1.807) is 0 Å². The van der Waals surface area contributed by atoms with Crippen LogP contribution in [0.5, 0.6) is 5.88 Å². The predicted octanol–water partition coefficient (Wildman–Crippen LogP) is 3.06. The van der Waals surface area contributed by atoms with E-state index >= 15 is 0 Å². The summed E-state index contributed by atoms with van der Waals surface area (Å²) in [5, 5.41) is 24.1. The predicted molar refractivity (Wildman–Crippen MR) is 84.9 cm³/mol. The van der Waals surface area contributed by atoms with Crippen molar-refractivity contribution in [3.05, 3.63) is 59.8 Å². The third-order valence-corrected chi connectivity index (χ3v) is 3.57. The van der Waals surface area contributed by atoms with Crippen molar-refractivity contribution in [2.75, 3.05) is 0 Å². The van der Waals surface area contributed by atoms with Crippen molar-refractivity contribution in [2.24, 2.45) is 0 Å². The normalized spacial score (nSPS) is 10.6. The second-order valence-electron chi connectivity index (χ2n) is 5.11. The van der Waals surface area contributed by atoms with Crippen LogP contribution in [-0.4, -0.2) is 20.6 Å². The van der Waals surface area contributed by atoms with Gasteiger partial charge in [0.2, 0.25) is 0 Å². The number of ether oxygens (including phenoxy) is 1.